The lowest BCUT2D eigenvalue weighted by atomic mass is 10.2. The van der Waals surface area contributed by atoms with Crippen LogP contribution in [-0.4, -0.2) is 25.2 Å². The van der Waals surface area contributed by atoms with E-state index in [1.165, 1.54) is 5.57 Å². The van der Waals surface area contributed by atoms with Gasteiger partial charge in [0.05, 0.1) is 12.8 Å². The molecule has 1 aromatic rings. The summed E-state index contributed by atoms with van der Waals surface area (Å²) in [5.41, 5.74) is 2.20. The molecule has 1 rings (SSSR count). The van der Waals surface area contributed by atoms with E-state index in [1.54, 1.807) is 7.11 Å². The lowest BCUT2D eigenvalue weighted by Crippen LogP contribution is -2.14. The number of rotatable bonds is 5. The minimum absolute atomic E-state index is 0.653. The van der Waals surface area contributed by atoms with Crippen LogP contribution in [0.15, 0.2) is 23.8 Å². The average molecular weight is 206 g/mol. The maximum Gasteiger partial charge on any atom is 0.213 e. The Labute approximate surface area is 91.2 Å². The summed E-state index contributed by atoms with van der Waals surface area (Å²) in [6.07, 6.45) is 2.06. The molecule has 1 N–H and O–H groups in total. The van der Waals surface area contributed by atoms with Crippen molar-refractivity contribution in [1.82, 2.24) is 10.3 Å². The number of ether oxygens (including phenoxy) is 1. The maximum absolute atomic E-state index is 5.06. The van der Waals surface area contributed by atoms with Gasteiger partial charge in [-0.3, -0.25) is 0 Å². The van der Waals surface area contributed by atoms with Gasteiger partial charge in [-0.2, -0.15) is 0 Å². The smallest absolute Gasteiger partial charge is 0.213 e. The molecular weight excluding hydrogens is 188 g/mol. The van der Waals surface area contributed by atoms with Crippen LogP contribution in [0.25, 0.3) is 6.08 Å². The van der Waals surface area contributed by atoms with Crippen LogP contribution in [0.3, 0.4) is 0 Å². The Morgan fingerprint density at radius 1 is 1.53 bits per heavy atom. The number of nitrogens with zero attached hydrogens (tertiary/aromatic N) is 1. The van der Waals surface area contributed by atoms with Gasteiger partial charge in [-0.25, -0.2) is 4.98 Å². The minimum atomic E-state index is 0.653. The predicted molar refractivity (Wildman–Crippen MR) is 63.0 cm³/mol. The number of likely N-dealkylation sites (N-methyl/N-ethyl adjacent to an activating group) is 1. The topological polar surface area (TPSA) is 34.1 Å². The van der Waals surface area contributed by atoms with Crippen LogP contribution in [0.2, 0.25) is 0 Å². The van der Waals surface area contributed by atoms with E-state index in [0.717, 1.165) is 18.8 Å². The van der Waals surface area contributed by atoms with Crippen LogP contribution in [0.5, 0.6) is 5.88 Å². The Morgan fingerprint density at radius 3 is 3.00 bits per heavy atom. The lowest BCUT2D eigenvalue weighted by Gasteiger charge is -2.03. The molecule has 0 radical (unpaired) electrons. The third-order valence-corrected chi connectivity index (χ3v) is 2.00. The molecule has 82 valence electrons. The highest BCUT2D eigenvalue weighted by atomic mass is 16.5. The van der Waals surface area contributed by atoms with Crippen LogP contribution in [-0.2, 0) is 0 Å². The Bertz CT molecular complexity index is 334. The van der Waals surface area contributed by atoms with E-state index in [4.69, 9.17) is 4.74 Å². The molecule has 0 aromatic carbocycles. The first-order valence-corrected chi connectivity index (χ1v) is 5.15. The second kappa shape index (κ2) is 6.19. The number of pyridine rings is 1. The van der Waals surface area contributed by atoms with Gasteiger partial charge in [0.15, 0.2) is 0 Å². The molecule has 15 heavy (non-hydrogen) atoms. The van der Waals surface area contributed by atoms with Crippen molar-refractivity contribution in [2.45, 2.75) is 13.8 Å². The van der Waals surface area contributed by atoms with E-state index < -0.39 is 0 Å². The quantitative estimate of drug-likeness (QED) is 0.801. The van der Waals surface area contributed by atoms with E-state index in [-0.39, 0.29) is 0 Å². The fourth-order valence-electron chi connectivity index (χ4n) is 1.25. The van der Waals surface area contributed by atoms with Gasteiger partial charge in [-0.05, 0) is 25.6 Å². The molecule has 1 aromatic heterocycles. The van der Waals surface area contributed by atoms with E-state index in [1.807, 2.05) is 18.2 Å². The summed E-state index contributed by atoms with van der Waals surface area (Å²) >= 11 is 0. The second-order valence-corrected chi connectivity index (χ2v) is 3.38. The summed E-state index contributed by atoms with van der Waals surface area (Å²) in [6, 6.07) is 5.76. The summed E-state index contributed by atoms with van der Waals surface area (Å²) in [5.74, 6) is 0.653. The summed E-state index contributed by atoms with van der Waals surface area (Å²) < 4.78 is 5.06. The van der Waals surface area contributed by atoms with Crippen molar-refractivity contribution < 1.29 is 4.74 Å². The van der Waals surface area contributed by atoms with Crippen LogP contribution in [0, 0.1) is 0 Å². The highest BCUT2D eigenvalue weighted by Gasteiger charge is 1.95. The van der Waals surface area contributed by atoms with E-state index in [0.29, 0.717) is 5.88 Å². The zero-order valence-corrected chi connectivity index (χ0v) is 9.58. The second-order valence-electron chi connectivity index (χ2n) is 3.38. The highest BCUT2D eigenvalue weighted by molar-refractivity contribution is 5.49. The fraction of sp³-hybridized carbons (Fsp3) is 0.417. The molecule has 3 heteroatoms. The number of methoxy groups -OCH3 is 1. The molecule has 0 amide bonds. The standard InChI is InChI=1S/C12H18N2O/c1-4-13-9-10(2)8-11-6-5-7-12(14-11)15-3/h5-8,13H,4,9H2,1-3H3/b10-8+. The van der Waals surface area contributed by atoms with Crippen LogP contribution < -0.4 is 10.1 Å². The molecule has 0 aliphatic carbocycles. The fourth-order valence-corrected chi connectivity index (χ4v) is 1.25. The van der Waals surface area contributed by atoms with Gasteiger partial charge in [0.2, 0.25) is 5.88 Å². The minimum Gasteiger partial charge on any atom is -0.481 e. The van der Waals surface area contributed by atoms with Gasteiger partial charge in [0, 0.05) is 12.6 Å². The van der Waals surface area contributed by atoms with Crippen molar-refractivity contribution in [2.24, 2.45) is 0 Å². The van der Waals surface area contributed by atoms with Gasteiger partial charge in [-0.1, -0.05) is 18.6 Å². The van der Waals surface area contributed by atoms with Gasteiger partial charge in [-0.15, -0.1) is 0 Å². The van der Waals surface area contributed by atoms with E-state index in [2.05, 4.69) is 30.2 Å². The molecule has 0 saturated heterocycles. The van der Waals surface area contributed by atoms with E-state index >= 15 is 0 Å². The monoisotopic (exact) mass is 206 g/mol. The molecule has 0 aliphatic heterocycles. The Balaban J connectivity index is 2.69. The number of aromatic nitrogens is 1. The summed E-state index contributed by atoms with van der Waals surface area (Å²) in [5, 5.41) is 3.27. The predicted octanol–water partition coefficient (Wildman–Crippen LogP) is 2.10. The Morgan fingerprint density at radius 2 is 2.33 bits per heavy atom. The lowest BCUT2D eigenvalue weighted by molar-refractivity contribution is 0.397. The molecule has 0 aliphatic rings. The zero-order valence-electron chi connectivity index (χ0n) is 9.58. The normalized spacial score (nSPS) is 11.5. The van der Waals surface area contributed by atoms with Crippen LogP contribution in [0.1, 0.15) is 19.5 Å². The van der Waals surface area contributed by atoms with Gasteiger partial charge >= 0.3 is 0 Å². The van der Waals surface area contributed by atoms with E-state index in [9.17, 15) is 0 Å². The Kier molecular flexibility index (Phi) is 4.84. The molecule has 0 fully saturated rings. The van der Waals surface area contributed by atoms with Crippen molar-refractivity contribution in [2.75, 3.05) is 20.2 Å². The van der Waals surface area contributed by atoms with Crippen molar-refractivity contribution >= 4 is 6.08 Å². The molecule has 0 atom stereocenters. The van der Waals surface area contributed by atoms with Crippen LogP contribution >= 0.6 is 0 Å². The zero-order chi connectivity index (χ0) is 11.1. The molecule has 0 bridgehead atoms. The highest BCUT2D eigenvalue weighted by Crippen LogP contribution is 2.09. The SMILES string of the molecule is CCNC/C(C)=C/c1cccc(OC)n1. The molecule has 1 heterocycles. The average Bonchev–Trinajstić information content (AvgIpc) is 2.26. The maximum atomic E-state index is 5.06. The molecule has 3 nitrogen and oxygen atoms in total. The number of hydrogen-bond donors (Lipinski definition) is 1. The molecular formula is C12H18N2O. The Hall–Kier alpha value is -1.35. The van der Waals surface area contributed by atoms with Crippen molar-refractivity contribution in [3.8, 4) is 5.88 Å². The largest absolute Gasteiger partial charge is 0.481 e. The first-order chi connectivity index (χ1) is 7.26. The van der Waals surface area contributed by atoms with Crippen molar-refractivity contribution in [1.29, 1.82) is 0 Å². The van der Waals surface area contributed by atoms with Gasteiger partial charge in [0.25, 0.3) is 0 Å². The first-order valence-electron chi connectivity index (χ1n) is 5.15. The summed E-state index contributed by atoms with van der Waals surface area (Å²) in [6.45, 7) is 6.06. The molecule has 0 unspecified atom stereocenters. The third-order valence-electron chi connectivity index (χ3n) is 2.00. The molecule has 0 saturated carbocycles. The number of nitrogens with one attached hydrogen (secondary N) is 1. The third kappa shape index (κ3) is 4.13. The molecule has 0 spiro atoms. The first kappa shape index (κ1) is 11.7. The summed E-state index contributed by atoms with van der Waals surface area (Å²) in [4.78, 5) is 4.31. The van der Waals surface area contributed by atoms with Gasteiger partial charge < -0.3 is 10.1 Å². The van der Waals surface area contributed by atoms with Crippen LogP contribution in [0.4, 0.5) is 0 Å². The summed E-state index contributed by atoms with van der Waals surface area (Å²) in [7, 11) is 1.63. The van der Waals surface area contributed by atoms with Gasteiger partial charge in [0.1, 0.15) is 0 Å². The van der Waals surface area contributed by atoms with Crippen molar-refractivity contribution in [3.63, 3.8) is 0 Å². The van der Waals surface area contributed by atoms with Crippen molar-refractivity contribution in [3.05, 3.63) is 29.5 Å². The number of hydrogen-bond acceptors (Lipinski definition) is 3.